The summed E-state index contributed by atoms with van der Waals surface area (Å²) >= 11 is -0.356. The van der Waals surface area contributed by atoms with E-state index in [2.05, 4.69) is 0 Å². The van der Waals surface area contributed by atoms with Crippen molar-refractivity contribution in [2.24, 2.45) is 5.92 Å². The minimum atomic E-state index is -4.29. The zero-order valence-electron chi connectivity index (χ0n) is 14.9. The van der Waals surface area contributed by atoms with Gasteiger partial charge in [0, 0.05) is 0 Å². The van der Waals surface area contributed by atoms with E-state index in [1.54, 1.807) is 20.8 Å². The summed E-state index contributed by atoms with van der Waals surface area (Å²) in [5.74, 6) is -0.952. The third kappa shape index (κ3) is 6.02. The van der Waals surface area contributed by atoms with Crippen LogP contribution in [-0.4, -0.2) is 50.2 Å². The van der Waals surface area contributed by atoms with Gasteiger partial charge in [-0.1, -0.05) is 0 Å². The molecule has 2 unspecified atom stereocenters. The van der Waals surface area contributed by atoms with Crippen LogP contribution in [0.3, 0.4) is 0 Å². The van der Waals surface area contributed by atoms with Crippen LogP contribution in [0, 0.1) is 5.92 Å². The summed E-state index contributed by atoms with van der Waals surface area (Å²) in [5, 5.41) is 0. The van der Waals surface area contributed by atoms with E-state index in [1.807, 2.05) is 30.3 Å². The van der Waals surface area contributed by atoms with Crippen molar-refractivity contribution in [3.8, 4) is 0 Å². The number of ether oxygens (including phenoxy) is 1. The van der Waals surface area contributed by atoms with Crippen molar-refractivity contribution < 1.29 is 27.5 Å². The van der Waals surface area contributed by atoms with Gasteiger partial charge in [0.25, 0.3) is 0 Å². The molecule has 0 saturated carbocycles. The first-order chi connectivity index (χ1) is 12.0. The second-order valence-electron chi connectivity index (χ2n) is 7.19. The number of carbonyl (C=O) groups excluding carboxylic acids is 2. The topological polar surface area (TPSA) is 46.6 Å². The van der Waals surface area contributed by atoms with Gasteiger partial charge in [0.15, 0.2) is 0 Å². The first kappa shape index (κ1) is 20.8. The van der Waals surface area contributed by atoms with Crippen LogP contribution in [0.1, 0.15) is 33.6 Å². The number of halogens is 3. The van der Waals surface area contributed by atoms with Crippen LogP contribution in [0.2, 0.25) is 4.82 Å². The summed E-state index contributed by atoms with van der Waals surface area (Å²) in [6.45, 7) is 5.01. The van der Waals surface area contributed by atoms with Crippen LogP contribution >= 0.6 is 0 Å². The molecule has 0 aromatic heterocycles. The fourth-order valence-electron chi connectivity index (χ4n) is 2.64. The summed E-state index contributed by atoms with van der Waals surface area (Å²) in [7, 11) is 0. The minimum absolute atomic E-state index is 0.0247. The Morgan fingerprint density at radius 1 is 1.23 bits per heavy atom. The van der Waals surface area contributed by atoms with Gasteiger partial charge in [0.2, 0.25) is 0 Å². The Morgan fingerprint density at radius 2 is 1.85 bits per heavy atom. The summed E-state index contributed by atoms with van der Waals surface area (Å²) in [6, 6.07) is 9.19. The Kier molecular flexibility index (Phi) is 6.40. The molecule has 0 N–H and O–H groups in total. The fourth-order valence-corrected chi connectivity index (χ4v) is 5.26. The number of amides is 2. The molecule has 2 atom stereocenters. The number of imide groups is 1. The average molecular weight is 436 g/mol. The van der Waals surface area contributed by atoms with E-state index in [-0.39, 0.29) is 27.9 Å². The predicted octanol–water partition coefficient (Wildman–Crippen LogP) is 3.54. The molecule has 2 amide bonds. The van der Waals surface area contributed by atoms with Crippen LogP contribution in [-0.2, 0) is 9.53 Å². The molecule has 1 aromatic carbocycles. The Hall–Kier alpha value is -1.53. The molecule has 0 radical (unpaired) electrons. The molecule has 1 aromatic rings. The molecule has 0 bridgehead atoms. The van der Waals surface area contributed by atoms with Crippen molar-refractivity contribution in [3.05, 3.63) is 30.3 Å². The van der Waals surface area contributed by atoms with E-state index in [9.17, 15) is 22.8 Å². The van der Waals surface area contributed by atoms with Gasteiger partial charge < -0.3 is 0 Å². The van der Waals surface area contributed by atoms with E-state index < -0.39 is 40.9 Å². The van der Waals surface area contributed by atoms with Crippen LogP contribution in [0.5, 0.6) is 0 Å². The quantitative estimate of drug-likeness (QED) is 0.679. The van der Waals surface area contributed by atoms with Crippen LogP contribution < -0.4 is 4.46 Å². The number of likely N-dealkylation sites (tertiary alicyclic amines) is 1. The molecule has 0 spiro atoms. The number of hydrogen-bond acceptors (Lipinski definition) is 3. The normalized spacial score (nSPS) is 21.2. The SMILES string of the molecule is CC(C)(C)OC(=O)N1CC(CCC(F)(F)F)C([Se]c2ccccc2)C1=O. The molecular formula is C18H22F3NO3Se. The van der Waals surface area contributed by atoms with Crippen molar-refractivity contribution in [1.82, 2.24) is 4.90 Å². The summed E-state index contributed by atoms with van der Waals surface area (Å²) < 4.78 is 44.1. The van der Waals surface area contributed by atoms with Crippen LogP contribution in [0.15, 0.2) is 30.3 Å². The number of rotatable bonds is 4. The van der Waals surface area contributed by atoms with Gasteiger partial charge in [0.05, 0.1) is 0 Å². The fraction of sp³-hybridized carbons (Fsp3) is 0.556. The van der Waals surface area contributed by atoms with Gasteiger partial charge >= 0.3 is 157 Å². The molecule has 0 aliphatic carbocycles. The van der Waals surface area contributed by atoms with Crippen molar-refractivity contribution in [2.75, 3.05) is 6.54 Å². The van der Waals surface area contributed by atoms with Crippen LogP contribution in [0.25, 0.3) is 0 Å². The van der Waals surface area contributed by atoms with E-state index in [4.69, 9.17) is 4.74 Å². The number of nitrogens with zero attached hydrogens (tertiary/aromatic N) is 1. The molecule has 1 aliphatic heterocycles. The molecule has 26 heavy (non-hydrogen) atoms. The molecule has 8 heteroatoms. The van der Waals surface area contributed by atoms with Crippen molar-refractivity contribution >= 4 is 31.4 Å². The van der Waals surface area contributed by atoms with Crippen molar-refractivity contribution in [2.45, 2.75) is 50.2 Å². The van der Waals surface area contributed by atoms with Gasteiger partial charge in [0.1, 0.15) is 0 Å². The number of alkyl halides is 3. The van der Waals surface area contributed by atoms with E-state index in [1.165, 1.54) is 0 Å². The molecule has 144 valence electrons. The summed E-state index contributed by atoms with van der Waals surface area (Å²) in [6.07, 6.45) is -6.21. The first-order valence-corrected chi connectivity index (χ1v) is 10.1. The predicted molar refractivity (Wildman–Crippen MR) is 92.3 cm³/mol. The Morgan fingerprint density at radius 3 is 2.38 bits per heavy atom. The van der Waals surface area contributed by atoms with Gasteiger partial charge in [-0.15, -0.1) is 0 Å². The Balaban J connectivity index is 2.16. The molecule has 1 heterocycles. The van der Waals surface area contributed by atoms with E-state index >= 15 is 0 Å². The first-order valence-electron chi connectivity index (χ1n) is 8.29. The second-order valence-corrected chi connectivity index (χ2v) is 9.74. The van der Waals surface area contributed by atoms with Gasteiger partial charge in [-0.25, -0.2) is 0 Å². The third-order valence-electron chi connectivity index (χ3n) is 3.77. The zero-order valence-corrected chi connectivity index (χ0v) is 16.6. The number of hydrogen-bond donors (Lipinski definition) is 0. The maximum atomic E-state index is 12.7. The van der Waals surface area contributed by atoms with Gasteiger partial charge in [-0.05, 0) is 0 Å². The van der Waals surface area contributed by atoms with Gasteiger partial charge in [-0.3, -0.25) is 0 Å². The maximum absolute atomic E-state index is 12.7. The number of benzene rings is 1. The Labute approximate surface area is 157 Å². The Bertz CT molecular complexity index is 643. The van der Waals surface area contributed by atoms with Gasteiger partial charge in [-0.2, -0.15) is 0 Å². The molecule has 1 saturated heterocycles. The van der Waals surface area contributed by atoms with Crippen molar-refractivity contribution in [1.29, 1.82) is 0 Å². The molecule has 4 nitrogen and oxygen atoms in total. The molecule has 2 rings (SSSR count). The number of carbonyl (C=O) groups is 2. The van der Waals surface area contributed by atoms with E-state index in [0.717, 1.165) is 9.36 Å². The van der Waals surface area contributed by atoms with Crippen LogP contribution in [0.4, 0.5) is 18.0 Å². The molecule has 1 fully saturated rings. The second kappa shape index (κ2) is 8.01. The monoisotopic (exact) mass is 437 g/mol. The standard InChI is InChI=1S/C18H22F3NO3Se/c1-17(2,3)25-16(24)22-11-12(9-10-18(19,20)21)14(15(22)23)26-13-7-5-4-6-8-13/h4-8,12,14H,9-11H2,1-3H3. The summed E-state index contributed by atoms with van der Waals surface area (Å²) in [4.78, 5) is 25.4. The zero-order chi connectivity index (χ0) is 19.5. The molecular weight excluding hydrogens is 414 g/mol. The van der Waals surface area contributed by atoms with E-state index in [0.29, 0.717) is 0 Å². The summed E-state index contributed by atoms with van der Waals surface area (Å²) in [5.41, 5.74) is -0.776. The third-order valence-corrected chi connectivity index (χ3v) is 6.68. The molecule has 1 aliphatic rings. The van der Waals surface area contributed by atoms with Crippen molar-refractivity contribution in [3.63, 3.8) is 0 Å². The average Bonchev–Trinajstić information content (AvgIpc) is 2.81.